The zero-order chi connectivity index (χ0) is 14.0. The standard InChI is InChI=1S/C12H12BrCl2N3O/c1-18-6-7(5-17-18)12(4-16)19-11-3-9(14)8(13)2-10(11)15/h2-3,5-6,12H,4,16H2,1H3. The van der Waals surface area contributed by atoms with E-state index in [9.17, 15) is 0 Å². The van der Waals surface area contributed by atoms with Gasteiger partial charge in [0.05, 0.1) is 16.2 Å². The van der Waals surface area contributed by atoms with Gasteiger partial charge in [-0.1, -0.05) is 23.2 Å². The summed E-state index contributed by atoms with van der Waals surface area (Å²) in [4.78, 5) is 0. The Hall–Kier alpha value is -0.750. The number of benzene rings is 1. The Morgan fingerprint density at radius 3 is 2.74 bits per heavy atom. The molecule has 0 saturated carbocycles. The Labute approximate surface area is 129 Å². The molecule has 0 aliphatic carbocycles. The van der Waals surface area contributed by atoms with Gasteiger partial charge in [-0.25, -0.2) is 0 Å². The zero-order valence-corrected chi connectivity index (χ0v) is 13.2. The SMILES string of the molecule is Cn1cc(C(CN)Oc2cc(Cl)c(Br)cc2Cl)cn1. The number of nitrogens with zero attached hydrogens (tertiary/aromatic N) is 2. The molecule has 2 aromatic rings. The summed E-state index contributed by atoms with van der Waals surface area (Å²) in [5, 5.41) is 5.10. The number of hydrogen-bond donors (Lipinski definition) is 1. The normalized spacial score (nSPS) is 12.5. The summed E-state index contributed by atoms with van der Waals surface area (Å²) < 4.78 is 8.23. The molecule has 1 unspecified atom stereocenters. The van der Waals surface area contributed by atoms with Gasteiger partial charge in [0.2, 0.25) is 0 Å². The van der Waals surface area contributed by atoms with E-state index >= 15 is 0 Å². The van der Waals surface area contributed by atoms with E-state index in [1.807, 2.05) is 13.2 Å². The molecule has 0 fully saturated rings. The summed E-state index contributed by atoms with van der Waals surface area (Å²) in [6, 6.07) is 3.35. The minimum Gasteiger partial charge on any atom is -0.483 e. The number of nitrogens with two attached hydrogens (primary N) is 1. The molecule has 1 aromatic heterocycles. The topological polar surface area (TPSA) is 53.1 Å². The highest BCUT2D eigenvalue weighted by molar-refractivity contribution is 9.10. The van der Waals surface area contributed by atoms with Crippen LogP contribution in [0.3, 0.4) is 0 Å². The number of aromatic nitrogens is 2. The van der Waals surface area contributed by atoms with Gasteiger partial charge in [0.25, 0.3) is 0 Å². The lowest BCUT2D eigenvalue weighted by Gasteiger charge is -2.17. The van der Waals surface area contributed by atoms with Crippen molar-refractivity contribution in [2.24, 2.45) is 12.8 Å². The Balaban J connectivity index is 2.26. The van der Waals surface area contributed by atoms with Gasteiger partial charge in [0, 0.05) is 35.9 Å². The number of hydrogen-bond acceptors (Lipinski definition) is 3. The molecule has 1 atom stereocenters. The average molecular weight is 365 g/mol. The highest BCUT2D eigenvalue weighted by Crippen LogP contribution is 2.36. The second-order valence-corrected chi connectivity index (χ2v) is 5.66. The molecule has 7 heteroatoms. The molecule has 1 aromatic carbocycles. The van der Waals surface area contributed by atoms with Gasteiger partial charge in [-0.05, 0) is 22.0 Å². The molecule has 1 heterocycles. The van der Waals surface area contributed by atoms with Gasteiger partial charge in [-0.15, -0.1) is 0 Å². The van der Waals surface area contributed by atoms with Crippen LogP contribution < -0.4 is 10.5 Å². The van der Waals surface area contributed by atoms with Crippen LogP contribution in [0.15, 0.2) is 29.0 Å². The Kier molecular flexibility index (Phi) is 4.73. The Morgan fingerprint density at radius 1 is 1.42 bits per heavy atom. The van der Waals surface area contributed by atoms with Gasteiger partial charge < -0.3 is 10.5 Å². The van der Waals surface area contributed by atoms with Crippen LogP contribution in [0.5, 0.6) is 5.75 Å². The predicted molar refractivity (Wildman–Crippen MR) is 79.8 cm³/mol. The maximum Gasteiger partial charge on any atom is 0.140 e. The Morgan fingerprint density at radius 2 is 2.16 bits per heavy atom. The molecular weight excluding hydrogens is 353 g/mol. The van der Waals surface area contributed by atoms with Crippen LogP contribution in [0.25, 0.3) is 0 Å². The van der Waals surface area contributed by atoms with Crippen LogP contribution in [0, 0.1) is 0 Å². The molecule has 102 valence electrons. The molecule has 2 N–H and O–H groups in total. The molecule has 19 heavy (non-hydrogen) atoms. The van der Waals surface area contributed by atoms with Crippen molar-refractivity contribution in [3.8, 4) is 5.75 Å². The quantitative estimate of drug-likeness (QED) is 0.843. The molecule has 0 saturated heterocycles. The van der Waals surface area contributed by atoms with Crippen molar-refractivity contribution in [2.45, 2.75) is 6.10 Å². The fraction of sp³-hybridized carbons (Fsp3) is 0.250. The first-order valence-electron chi connectivity index (χ1n) is 5.51. The lowest BCUT2D eigenvalue weighted by Crippen LogP contribution is -2.18. The van der Waals surface area contributed by atoms with Gasteiger partial charge in [-0.3, -0.25) is 4.68 Å². The third kappa shape index (κ3) is 3.42. The van der Waals surface area contributed by atoms with Gasteiger partial charge in [-0.2, -0.15) is 5.10 Å². The smallest absolute Gasteiger partial charge is 0.140 e. The van der Waals surface area contributed by atoms with E-state index in [-0.39, 0.29) is 6.10 Å². The third-order valence-corrected chi connectivity index (χ3v) is 4.05. The van der Waals surface area contributed by atoms with Crippen LogP contribution in [-0.4, -0.2) is 16.3 Å². The lowest BCUT2D eigenvalue weighted by molar-refractivity contribution is 0.214. The zero-order valence-electron chi connectivity index (χ0n) is 10.1. The van der Waals surface area contributed by atoms with Crippen molar-refractivity contribution in [3.05, 3.63) is 44.6 Å². The second kappa shape index (κ2) is 6.13. The van der Waals surface area contributed by atoms with Crippen molar-refractivity contribution < 1.29 is 4.74 Å². The summed E-state index contributed by atoms with van der Waals surface area (Å²) in [5.74, 6) is 0.495. The van der Waals surface area contributed by atoms with Crippen LogP contribution >= 0.6 is 39.1 Å². The molecule has 0 aliphatic rings. The summed E-state index contributed by atoms with van der Waals surface area (Å²) in [7, 11) is 1.83. The first kappa shape index (κ1) is 14.7. The van der Waals surface area contributed by atoms with E-state index < -0.39 is 0 Å². The second-order valence-electron chi connectivity index (χ2n) is 3.99. The molecule has 0 amide bonds. The van der Waals surface area contributed by atoms with Gasteiger partial charge >= 0.3 is 0 Å². The highest BCUT2D eigenvalue weighted by atomic mass is 79.9. The Bertz CT molecular complexity index is 588. The van der Waals surface area contributed by atoms with Crippen molar-refractivity contribution in [1.82, 2.24) is 9.78 Å². The maximum atomic E-state index is 6.12. The number of rotatable bonds is 4. The number of halogens is 3. The highest BCUT2D eigenvalue weighted by Gasteiger charge is 2.16. The van der Waals surface area contributed by atoms with Crippen molar-refractivity contribution in [2.75, 3.05) is 6.54 Å². The first-order chi connectivity index (χ1) is 9.01. The van der Waals surface area contributed by atoms with Crippen LogP contribution in [0.4, 0.5) is 0 Å². The molecular formula is C12H12BrCl2N3O. The average Bonchev–Trinajstić information content (AvgIpc) is 2.78. The maximum absolute atomic E-state index is 6.12. The minimum atomic E-state index is -0.316. The molecule has 0 spiro atoms. The van der Waals surface area contributed by atoms with E-state index in [0.717, 1.165) is 10.0 Å². The minimum absolute atomic E-state index is 0.315. The largest absolute Gasteiger partial charge is 0.483 e. The number of ether oxygens (including phenoxy) is 1. The predicted octanol–water partition coefficient (Wildman–Crippen LogP) is 3.57. The van der Waals surface area contributed by atoms with Crippen molar-refractivity contribution in [1.29, 1.82) is 0 Å². The van der Waals surface area contributed by atoms with E-state index in [2.05, 4.69) is 21.0 Å². The van der Waals surface area contributed by atoms with E-state index in [0.29, 0.717) is 22.3 Å². The molecule has 0 bridgehead atoms. The van der Waals surface area contributed by atoms with Crippen molar-refractivity contribution in [3.63, 3.8) is 0 Å². The fourth-order valence-electron chi connectivity index (χ4n) is 1.61. The first-order valence-corrected chi connectivity index (χ1v) is 7.06. The lowest BCUT2D eigenvalue weighted by atomic mass is 10.2. The van der Waals surface area contributed by atoms with E-state index in [1.54, 1.807) is 23.0 Å². The van der Waals surface area contributed by atoms with Gasteiger partial charge in [0.1, 0.15) is 11.9 Å². The van der Waals surface area contributed by atoms with Crippen molar-refractivity contribution >= 4 is 39.1 Å². The van der Waals surface area contributed by atoms with Crippen LogP contribution in [-0.2, 0) is 7.05 Å². The summed E-state index contributed by atoms with van der Waals surface area (Å²) in [6.07, 6.45) is 3.25. The third-order valence-electron chi connectivity index (χ3n) is 2.55. The van der Waals surface area contributed by atoms with Crippen LogP contribution in [0.2, 0.25) is 10.0 Å². The van der Waals surface area contributed by atoms with Crippen LogP contribution in [0.1, 0.15) is 11.7 Å². The summed E-state index contributed by atoms with van der Waals surface area (Å²) in [6.45, 7) is 0.315. The molecule has 4 nitrogen and oxygen atoms in total. The summed E-state index contributed by atoms with van der Waals surface area (Å²) >= 11 is 15.5. The monoisotopic (exact) mass is 363 g/mol. The number of aryl methyl sites for hydroxylation is 1. The molecule has 2 rings (SSSR count). The van der Waals surface area contributed by atoms with E-state index in [4.69, 9.17) is 33.7 Å². The van der Waals surface area contributed by atoms with Gasteiger partial charge in [0.15, 0.2) is 0 Å². The summed E-state index contributed by atoms with van der Waals surface area (Å²) in [5.41, 5.74) is 6.62. The van der Waals surface area contributed by atoms with E-state index in [1.165, 1.54) is 0 Å². The fourth-order valence-corrected chi connectivity index (χ4v) is 2.44. The molecule has 0 aliphatic heterocycles. The molecule has 0 radical (unpaired) electrons.